The summed E-state index contributed by atoms with van der Waals surface area (Å²) in [6.07, 6.45) is 0.491. The second kappa shape index (κ2) is 8.34. The number of aliphatic carboxylic acids is 1. The number of carboxylic acid groups (broad SMARTS) is 1. The number of nitrogens with one attached hydrogen (secondary N) is 1. The number of carboxylic acids is 1. The first kappa shape index (κ1) is 17.2. The van der Waals surface area contributed by atoms with Crippen LogP contribution in [0.5, 0.6) is 0 Å². The molecule has 19 heavy (non-hydrogen) atoms. The number of primary amides is 1. The number of nitrogens with zero attached hydrogens (tertiary/aromatic N) is 1. The number of rotatable bonds is 8. The van der Waals surface area contributed by atoms with E-state index in [1.54, 1.807) is 11.8 Å². The number of carbonyl (C=O) groups is 3. The van der Waals surface area contributed by atoms with E-state index in [1.807, 2.05) is 13.8 Å². The number of nitrogens with two attached hydrogens (primary N) is 1. The molecule has 7 nitrogen and oxygen atoms in total. The fraction of sp³-hybridized carbons (Fsp3) is 0.750. The van der Waals surface area contributed by atoms with Crippen LogP contribution in [0.15, 0.2) is 0 Å². The van der Waals surface area contributed by atoms with Gasteiger partial charge in [0.05, 0.1) is 0 Å². The molecule has 0 aromatic heterocycles. The summed E-state index contributed by atoms with van der Waals surface area (Å²) in [5.74, 6) is -1.36. The van der Waals surface area contributed by atoms with Crippen molar-refractivity contribution in [3.05, 3.63) is 0 Å². The summed E-state index contributed by atoms with van der Waals surface area (Å²) in [6, 6.07) is -0.700. The third-order valence-corrected chi connectivity index (χ3v) is 2.55. The van der Waals surface area contributed by atoms with Gasteiger partial charge in [-0.3, -0.25) is 9.59 Å². The van der Waals surface area contributed by atoms with E-state index in [-0.39, 0.29) is 31.0 Å². The quantitative estimate of drug-likeness (QED) is 0.598. The van der Waals surface area contributed by atoms with E-state index in [1.165, 1.54) is 0 Å². The molecule has 0 fully saturated rings. The Labute approximate surface area is 113 Å². The van der Waals surface area contributed by atoms with Crippen LogP contribution in [0.1, 0.15) is 40.0 Å². The van der Waals surface area contributed by atoms with Gasteiger partial charge >= 0.3 is 12.0 Å². The highest BCUT2D eigenvalue weighted by Gasteiger charge is 2.19. The van der Waals surface area contributed by atoms with Gasteiger partial charge in [-0.25, -0.2) is 4.79 Å². The average Bonchev–Trinajstić information content (AvgIpc) is 2.21. The predicted octanol–water partition coefficient (Wildman–Crippen LogP) is 0.535. The molecular formula is C12H23N3O4. The maximum absolute atomic E-state index is 12.0. The first-order valence-corrected chi connectivity index (χ1v) is 6.31. The lowest BCUT2D eigenvalue weighted by atomic mass is 10.2. The van der Waals surface area contributed by atoms with Gasteiger partial charge in [0.25, 0.3) is 0 Å². The van der Waals surface area contributed by atoms with E-state index in [0.29, 0.717) is 13.0 Å². The third-order valence-electron chi connectivity index (χ3n) is 2.55. The molecule has 0 radical (unpaired) electrons. The van der Waals surface area contributed by atoms with Crippen LogP contribution in [0.2, 0.25) is 0 Å². The molecule has 1 atom stereocenters. The molecule has 0 saturated heterocycles. The fourth-order valence-electron chi connectivity index (χ4n) is 1.64. The van der Waals surface area contributed by atoms with Gasteiger partial charge < -0.3 is 21.1 Å². The second-order valence-electron chi connectivity index (χ2n) is 4.81. The predicted molar refractivity (Wildman–Crippen MR) is 70.5 cm³/mol. The first-order valence-electron chi connectivity index (χ1n) is 6.31. The molecule has 7 heteroatoms. The van der Waals surface area contributed by atoms with E-state index in [9.17, 15) is 14.4 Å². The molecule has 0 saturated carbocycles. The minimum atomic E-state index is -0.883. The smallest absolute Gasteiger partial charge is 0.317 e. The van der Waals surface area contributed by atoms with Crippen LogP contribution in [0.4, 0.5) is 4.79 Å². The molecule has 0 heterocycles. The van der Waals surface area contributed by atoms with Gasteiger partial charge in [-0.15, -0.1) is 0 Å². The van der Waals surface area contributed by atoms with E-state index in [4.69, 9.17) is 10.8 Å². The van der Waals surface area contributed by atoms with Crippen LogP contribution >= 0.6 is 0 Å². The standard InChI is InChI=1S/C12H23N3O4/c1-8(2)15(6-4-5-11(17)18)12(19)14-9(3)7-10(13)16/h8-9H,4-7H2,1-3H3,(H2,13,16)(H,14,19)(H,17,18). The summed E-state index contributed by atoms with van der Waals surface area (Å²) in [7, 11) is 0. The summed E-state index contributed by atoms with van der Waals surface area (Å²) >= 11 is 0. The number of hydrogen-bond acceptors (Lipinski definition) is 3. The summed E-state index contributed by atoms with van der Waals surface area (Å²) < 4.78 is 0. The molecule has 0 aliphatic rings. The molecule has 0 spiro atoms. The van der Waals surface area contributed by atoms with Gasteiger partial charge in [0.15, 0.2) is 0 Å². The van der Waals surface area contributed by atoms with Crippen molar-refractivity contribution in [3.63, 3.8) is 0 Å². The molecule has 0 rings (SSSR count). The first-order chi connectivity index (χ1) is 8.73. The summed E-state index contributed by atoms with van der Waals surface area (Å²) in [4.78, 5) is 34.7. The maximum Gasteiger partial charge on any atom is 0.317 e. The molecule has 3 amide bonds. The molecular weight excluding hydrogens is 250 g/mol. The zero-order valence-electron chi connectivity index (χ0n) is 11.7. The third kappa shape index (κ3) is 8.01. The van der Waals surface area contributed by atoms with Crippen LogP contribution in [0.25, 0.3) is 0 Å². The second-order valence-corrected chi connectivity index (χ2v) is 4.81. The molecule has 0 bridgehead atoms. The molecule has 110 valence electrons. The monoisotopic (exact) mass is 273 g/mol. The Kier molecular flexibility index (Phi) is 7.55. The molecule has 0 aromatic rings. The lowest BCUT2D eigenvalue weighted by molar-refractivity contribution is -0.137. The van der Waals surface area contributed by atoms with Crippen molar-refractivity contribution >= 4 is 17.9 Å². The Morgan fingerprint density at radius 2 is 1.84 bits per heavy atom. The van der Waals surface area contributed by atoms with Crippen molar-refractivity contribution < 1.29 is 19.5 Å². The lowest BCUT2D eigenvalue weighted by Gasteiger charge is -2.28. The molecule has 4 N–H and O–H groups in total. The van der Waals surface area contributed by atoms with Crippen molar-refractivity contribution in [1.29, 1.82) is 0 Å². The molecule has 0 aromatic carbocycles. The Morgan fingerprint density at radius 3 is 2.26 bits per heavy atom. The number of hydrogen-bond donors (Lipinski definition) is 3. The maximum atomic E-state index is 12.0. The van der Waals surface area contributed by atoms with Crippen molar-refractivity contribution in [2.75, 3.05) is 6.54 Å². The van der Waals surface area contributed by atoms with Gasteiger partial charge in [-0.05, 0) is 27.2 Å². The van der Waals surface area contributed by atoms with Crippen LogP contribution in [0.3, 0.4) is 0 Å². The van der Waals surface area contributed by atoms with Gasteiger partial charge in [-0.2, -0.15) is 0 Å². The van der Waals surface area contributed by atoms with Crippen molar-refractivity contribution in [1.82, 2.24) is 10.2 Å². The number of carbonyl (C=O) groups excluding carboxylic acids is 2. The summed E-state index contributed by atoms with van der Waals surface area (Å²) in [6.45, 7) is 5.75. The Bertz CT molecular complexity index is 331. The SMILES string of the molecule is CC(CC(N)=O)NC(=O)N(CCCC(=O)O)C(C)C. The van der Waals surface area contributed by atoms with Gasteiger partial charge in [-0.1, -0.05) is 0 Å². The fourth-order valence-corrected chi connectivity index (χ4v) is 1.64. The highest BCUT2D eigenvalue weighted by atomic mass is 16.4. The number of amides is 3. The zero-order chi connectivity index (χ0) is 15.0. The zero-order valence-corrected chi connectivity index (χ0v) is 11.7. The van der Waals surface area contributed by atoms with Crippen LogP contribution in [-0.4, -0.2) is 46.5 Å². The highest BCUT2D eigenvalue weighted by Crippen LogP contribution is 2.04. The lowest BCUT2D eigenvalue weighted by Crippen LogP contribution is -2.48. The molecule has 1 unspecified atom stereocenters. The van der Waals surface area contributed by atoms with Crippen LogP contribution in [-0.2, 0) is 9.59 Å². The van der Waals surface area contributed by atoms with E-state index in [2.05, 4.69) is 5.32 Å². The minimum Gasteiger partial charge on any atom is -0.481 e. The summed E-state index contributed by atoms with van der Waals surface area (Å²) in [5, 5.41) is 11.2. The summed E-state index contributed by atoms with van der Waals surface area (Å²) in [5.41, 5.74) is 5.05. The van der Waals surface area contributed by atoms with Gasteiger partial charge in [0.1, 0.15) is 0 Å². The average molecular weight is 273 g/mol. The largest absolute Gasteiger partial charge is 0.481 e. The van der Waals surface area contributed by atoms with Crippen molar-refractivity contribution in [3.8, 4) is 0 Å². The normalized spacial score (nSPS) is 12.0. The Hall–Kier alpha value is -1.79. The van der Waals surface area contributed by atoms with Crippen molar-refractivity contribution in [2.45, 2.75) is 52.1 Å². The van der Waals surface area contributed by atoms with Crippen LogP contribution < -0.4 is 11.1 Å². The van der Waals surface area contributed by atoms with Crippen LogP contribution in [0, 0.1) is 0 Å². The van der Waals surface area contributed by atoms with Crippen molar-refractivity contribution in [2.24, 2.45) is 5.73 Å². The van der Waals surface area contributed by atoms with E-state index < -0.39 is 11.9 Å². The number of urea groups is 1. The highest BCUT2D eigenvalue weighted by molar-refractivity contribution is 5.78. The topological polar surface area (TPSA) is 113 Å². The van der Waals surface area contributed by atoms with E-state index >= 15 is 0 Å². The Morgan fingerprint density at radius 1 is 1.26 bits per heavy atom. The minimum absolute atomic E-state index is 0.0212. The molecule has 0 aliphatic carbocycles. The van der Waals surface area contributed by atoms with Gasteiger partial charge in [0, 0.05) is 31.5 Å². The van der Waals surface area contributed by atoms with Gasteiger partial charge in [0.2, 0.25) is 5.91 Å². The Balaban J connectivity index is 4.32. The van der Waals surface area contributed by atoms with E-state index in [0.717, 1.165) is 0 Å². The molecule has 0 aliphatic heterocycles.